The smallest absolute Gasteiger partial charge is 0.220 e. The Morgan fingerprint density at radius 2 is 2.04 bits per heavy atom. The Morgan fingerprint density at radius 3 is 2.76 bits per heavy atom. The first-order chi connectivity index (χ1) is 12.1. The number of nitrogens with zero attached hydrogens (tertiary/aromatic N) is 3. The van der Waals surface area contributed by atoms with Gasteiger partial charge >= 0.3 is 0 Å². The second-order valence-electron chi connectivity index (χ2n) is 6.57. The summed E-state index contributed by atoms with van der Waals surface area (Å²) in [6.07, 6.45) is 2.87. The van der Waals surface area contributed by atoms with Gasteiger partial charge in [-0.25, -0.2) is 4.98 Å². The van der Waals surface area contributed by atoms with Crippen LogP contribution in [0.3, 0.4) is 0 Å². The van der Waals surface area contributed by atoms with Crippen LogP contribution in [-0.4, -0.2) is 49.0 Å². The lowest BCUT2D eigenvalue weighted by molar-refractivity contribution is -0.121. The summed E-state index contributed by atoms with van der Waals surface area (Å²) in [4.78, 5) is 21.3. The molecular weight excluding hydrogens is 316 g/mol. The topological polar surface area (TPSA) is 61.6 Å². The van der Waals surface area contributed by atoms with Crippen molar-refractivity contribution in [2.24, 2.45) is 0 Å². The van der Waals surface area contributed by atoms with Gasteiger partial charge in [-0.05, 0) is 32.2 Å². The fourth-order valence-corrected chi connectivity index (χ4v) is 3.01. The predicted molar refractivity (Wildman–Crippen MR) is 97.6 cm³/mol. The van der Waals surface area contributed by atoms with E-state index in [1.165, 1.54) is 0 Å². The molecule has 0 spiro atoms. The van der Waals surface area contributed by atoms with Crippen LogP contribution in [0.4, 0.5) is 5.82 Å². The van der Waals surface area contributed by atoms with Crippen LogP contribution in [0.25, 0.3) is 0 Å². The quantitative estimate of drug-likeness (QED) is 0.870. The van der Waals surface area contributed by atoms with Gasteiger partial charge in [-0.2, -0.15) is 0 Å². The summed E-state index contributed by atoms with van der Waals surface area (Å²) in [6.45, 7) is 6.41. The molecule has 3 rings (SSSR count). The van der Waals surface area contributed by atoms with E-state index in [1.54, 1.807) is 0 Å². The molecule has 2 aromatic heterocycles. The van der Waals surface area contributed by atoms with Crippen molar-refractivity contribution >= 4 is 11.7 Å². The number of likely N-dealkylation sites (N-methyl/N-ethyl adjacent to an activating group) is 1. The number of nitrogens with one attached hydrogen (secondary N) is 1. The maximum atomic E-state index is 12.1. The van der Waals surface area contributed by atoms with Crippen molar-refractivity contribution in [1.82, 2.24) is 15.2 Å². The second-order valence-corrected chi connectivity index (χ2v) is 6.57. The third-order valence-electron chi connectivity index (χ3n) is 4.54. The highest BCUT2D eigenvalue weighted by atomic mass is 16.3. The van der Waals surface area contributed by atoms with Gasteiger partial charge < -0.3 is 19.5 Å². The second kappa shape index (κ2) is 8.16. The van der Waals surface area contributed by atoms with E-state index in [1.807, 2.05) is 37.4 Å². The maximum Gasteiger partial charge on any atom is 0.220 e. The molecule has 134 valence electrons. The average Bonchev–Trinajstić information content (AvgIpc) is 3.04. The number of amides is 1. The van der Waals surface area contributed by atoms with E-state index in [0.29, 0.717) is 19.4 Å². The fraction of sp³-hybridized carbons (Fsp3) is 0.474. The van der Waals surface area contributed by atoms with Crippen molar-refractivity contribution in [3.63, 3.8) is 0 Å². The molecule has 1 amide bonds. The van der Waals surface area contributed by atoms with Crippen molar-refractivity contribution in [1.29, 1.82) is 0 Å². The highest BCUT2D eigenvalue weighted by Gasteiger charge is 2.18. The summed E-state index contributed by atoms with van der Waals surface area (Å²) >= 11 is 0. The van der Waals surface area contributed by atoms with E-state index >= 15 is 0 Å². The summed E-state index contributed by atoms with van der Waals surface area (Å²) in [5.74, 6) is 2.74. The number of aryl methyl sites for hydroxylation is 2. The van der Waals surface area contributed by atoms with E-state index in [4.69, 9.17) is 4.42 Å². The van der Waals surface area contributed by atoms with Gasteiger partial charge in [-0.3, -0.25) is 4.79 Å². The number of hydrogen-bond acceptors (Lipinski definition) is 5. The molecule has 1 aliphatic rings. The number of rotatable bonds is 6. The zero-order valence-electron chi connectivity index (χ0n) is 15.0. The van der Waals surface area contributed by atoms with E-state index in [9.17, 15) is 4.79 Å². The third-order valence-corrected chi connectivity index (χ3v) is 4.54. The first kappa shape index (κ1) is 17.5. The molecule has 1 N–H and O–H groups in total. The van der Waals surface area contributed by atoms with Gasteiger partial charge in [0.25, 0.3) is 0 Å². The van der Waals surface area contributed by atoms with Crippen molar-refractivity contribution in [2.75, 3.05) is 38.1 Å². The van der Waals surface area contributed by atoms with Gasteiger partial charge in [0.1, 0.15) is 17.3 Å². The lowest BCUT2D eigenvalue weighted by Crippen LogP contribution is -2.45. The molecule has 0 aliphatic carbocycles. The molecule has 6 heteroatoms. The van der Waals surface area contributed by atoms with Gasteiger partial charge in [0, 0.05) is 57.3 Å². The number of aromatic nitrogens is 1. The zero-order chi connectivity index (χ0) is 17.6. The van der Waals surface area contributed by atoms with Crippen LogP contribution in [-0.2, 0) is 17.8 Å². The van der Waals surface area contributed by atoms with Crippen LogP contribution in [0, 0.1) is 6.92 Å². The molecule has 0 radical (unpaired) electrons. The molecule has 6 nitrogen and oxygen atoms in total. The summed E-state index contributed by atoms with van der Waals surface area (Å²) in [5.41, 5.74) is 1.06. The molecule has 0 unspecified atom stereocenters. The molecule has 1 saturated heterocycles. The highest BCUT2D eigenvalue weighted by Crippen LogP contribution is 2.18. The minimum Gasteiger partial charge on any atom is -0.466 e. The summed E-state index contributed by atoms with van der Waals surface area (Å²) in [7, 11) is 2.14. The monoisotopic (exact) mass is 342 g/mol. The van der Waals surface area contributed by atoms with E-state index < -0.39 is 0 Å². The van der Waals surface area contributed by atoms with Crippen molar-refractivity contribution in [3.05, 3.63) is 47.5 Å². The Hall–Kier alpha value is -2.34. The lowest BCUT2D eigenvalue weighted by atomic mass is 10.2. The van der Waals surface area contributed by atoms with Crippen LogP contribution >= 0.6 is 0 Å². The molecule has 2 aromatic rings. The zero-order valence-corrected chi connectivity index (χ0v) is 15.0. The van der Waals surface area contributed by atoms with Gasteiger partial charge in [0.15, 0.2) is 0 Å². The van der Waals surface area contributed by atoms with Gasteiger partial charge in [0.05, 0.1) is 0 Å². The van der Waals surface area contributed by atoms with Crippen LogP contribution in [0.15, 0.2) is 34.9 Å². The lowest BCUT2D eigenvalue weighted by Gasteiger charge is -2.34. The SMILES string of the molecule is Cc1ccc(CCC(=O)NCc2cccnc2N2CCN(C)CC2)o1. The van der Waals surface area contributed by atoms with Gasteiger partial charge in [-0.1, -0.05) is 6.07 Å². The normalized spacial score (nSPS) is 15.4. The molecule has 3 heterocycles. The van der Waals surface area contributed by atoms with Crippen LogP contribution in [0.2, 0.25) is 0 Å². The van der Waals surface area contributed by atoms with Gasteiger partial charge in [-0.15, -0.1) is 0 Å². The summed E-state index contributed by atoms with van der Waals surface area (Å²) in [6, 6.07) is 7.81. The van der Waals surface area contributed by atoms with Gasteiger partial charge in [0.2, 0.25) is 5.91 Å². The third kappa shape index (κ3) is 4.82. The standard InChI is InChI=1S/C19H26N4O2/c1-15-5-6-17(25-15)7-8-18(24)21-14-16-4-3-9-20-19(16)23-12-10-22(2)11-13-23/h3-6,9H,7-8,10-14H2,1-2H3,(H,21,24). The molecule has 0 atom stereocenters. The van der Waals surface area contributed by atoms with Crippen LogP contribution < -0.4 is 10.2 Å². The largest absolute Gasteiger partial charge is 0.466 e. The number of carbonyl (C=O) groups is 1. The van der Waals surface area contributed by atoms with Crippen LogP contribution in [0.5, 0.6) is 0 Å². The predicted octanol–water partition coefficient (Wildman–Crippen LogP) is 1.98. The summed E-state index contributed by atoms with van der Waals surface area (Å²) < 4.78 is 5.50. The highest BCUT2D eigenvalue weighted by molar-refractivity contribution is 5.76. The molecule has 0 saturated carbocycles. The Bertz CT molecular complexity index is 705. The molecule has 0 bridgehead atoms. The number of pyridine rings is 1. The number of carbonyl (C=O) groups excluding carboxylic acids is 1. The molecular formula is C19H26N4O2. The maximum absolute atomic E-state index is 12.1. The first-order valence-electron chi connectivity index (χ1n) is 8.81. The molecule has 1 aliphatic heterocycles. The Balaban J connectivity index is 1.53. The number of anilines is 1. The number of piperazine rings is 1. The van der Waals surface area contributed by atoms with Crippen molar-refractivity contribution in [3.8, 4) is 0 Å². The molecule has 0 aromatic carbocycles. The minimum absolute atomic E-state index is 0.0298. The molecule has 25 heavy (non-hydrogen) atoms. The Kier molecular flexibility index (Phi) is 5.71. The van der Waals surface area contributed by atoms with E-state index in [2.05, 4.69) is 27.1 Å². The number of furan rings is 1. The first-order valence-corrected chi connectivity index (χ1v) is 8.81. The number of hydrogen-bond donors (Lipinski definition) is 1. The van der Waals surface area contributed by atoms with Crippen molar-refractivity contribution < 1.29 is 9.21 Å². The van der Waals surface area contributed by atoms with E-state index in [-0.39, 0.29) is 5.91 Å². The average molecular weight is 342 g/mol. The van der Waals surface area contributed by atoms with Crippen LogP contribution in [0.1, 0.15) is 23.5 Å². The fourth-order valence-electron chi connectivity index (χ4n) is 3.01. The Labute approximate surface area is 148 Å². The molecule has 1 fully saturated rings. The van der Waals surface area contributed by atoms with E-state index in [0.717, 1.165) is 49.1 Å². The Morgan fingerprint density at radius 1 is 1.24 bits per heavy atom. The summed E-state index contributed by atoms with van der Waals surface area (Å²) in [5, 5.41) is 3.01. The van der Waals surface area contributed by atoms with Crippen molar-refractivity contribution in [2.45, 2.75) is 26.3 Å². The minimum atomic E-state index is 0.0298.